The number of H-pyrrole nitrogens is 1. The zero-order chi connectivity index (χ0) is 14.7. The van der Waals surface area contributed by atoms with Crippen molar-refractivity contribution < 1.29 is 0 Å². The molecule has 5 heteroatoms. The molecule has 4 aromatic rings. The van der Waals surface area contributed by atoms with Crippen LogP contribution in [0.5, 0.6) is 0 Å². The summed E-state index contributed by atoms with van der Waals surface area (Å²) in [5, 5.41) is 1.09. The van der Waals surface area contributed by atoms with Gasteiger partial charge in [0.2, 0.25) is 0 Å². The summed E-state index contributed by atoms with van der Waals surface area (Å²) >= 11 is 0. The first-order chi connectivity index (χ1) is 10.1. The topological polar surface area (TPSA) is 84.1 Å². The molecule has 4 rings (SSSR count). The third kappa shape index (κ3) is 1.34. The smallest absolute Gasteiger partial charge is 0.296 e. The summed E-state index contributed by atoms with van der Waals surface area (Å²) in [5.74, 6) is 0. The van der Waals surface area contributed by atoms with Crippen LogP contribution >= 0.6 is 0 Å². The molecule has 0 radical (unpaired) electrons. The number of benzene rings is 3. The predicted molar refractivity (Wildman–Crippen MR) is 80.8 cm³/mol. The molecule has 0 aliphatic heterocycles. The van der Waals surface area contributed by atoms with Crippen molar-refractivity contribution in [3.8, 4) is 0 Å². The molecule has 5 nitrogen and oxygen atoms in total. The molecule has 0 saturated heterocycles. The minimum absolute atomic E-state index is 0.107. The number of hydrogen-bond acceptors (Lipinski definition) is 4. The summed E-state index contributed by atoms with van der Waals surface area (Å²) in [6.45, 7) is 0. The second-order valence-corrected chi connectivity index (χ2v) is 4.90. The molecule has 0 atom stereocenters. The SMILES string of the molecule is O=c1[nH]c2c(ccc3c(=O)c4ccccc4c(=O)c32)c1=O. The molecule has 0 aliphatic carbocycles. The van der Waals surface area contributed by atoms with Crippen LogP contribution in [0.4, 0.5) is 0 Å². The molecule has 1 N–H and O–H groups in total. The van der Waals surface area contributed by atoms with Crippen molar-refractivity contribution in [2.24, 2.45) is 0 Å². The van der Waals surface area contributed by atoms with E-state index >= 15 is 0 Å². The van der Waals surface area contributed by atoms with E-state index in [1.165, 1.54) is 12.1 Å². The molecule has 0 spiro atoms. The Labute approximate surface area is 115 Å². The quantitative estimate of drug-likeness (QED) is 0.380. The molecular formula is C16H7NO4. The van der Waals surface area contributed by atoms with E-state index in [1.54, 1.807) is 24.3 Å². The van der Waals surface area contributed by atoms with Gasteiger partial charge in [0.25, 0.3) is 11.0 Å². The fourth-order valence-electron chi connectivity index (χ4n) is 2.80. The number of fused-ring (bicyclic) bond motifs is 4. The van der Waals surface area contributed by atoms with Crippen LogP contribution < -0.4 is 21.8 Å². The van der Waals surface area contributed by atoms with Crippen LogP contribution in [0.3, 0.4) is 0 Å². The Balaban J connectivity index is 2.50. The van der Waals surface area contributed by atoms with Crippen LogP contribution in [0.25, 0.3) is 32.4 Å². The van der Waals surface area contributed by atoms with Crippen LogP contribution in [0.1, 0.15) is 0 Å². The highest BCUT2D eigenvalue weighted by atomic mass is 16.2. The number of aromatic amines is 1. The van der Waals surface area contributed by atoms with Crippen LogP contribution in [-0.4, -0.2) is 4.98 Å². The van der Waals surface area contributed by atoms with Gasteiger partial charge in [-0.2, -0.15) is 0 Å². The molecule has 3 aromatic carbocycles. The van der Waals surface area contributed by atoms with Gasteiger partial charge in [-0.3, -0.25) is 19.2 Å². The van der Waals surface area contributed by atoms with Crippen molar-refractivity contribution in [2.45, 2.75) is 0 Å². The van der Waals surface area contributed by atoms with Crippen LogP contribution in [0, 0.1) is 0 Å². The Morgan fingerprint density at radius 1 is 0.619 bits per heavy atom. The van der Waals surface area contributed by atoms with E-state index in [1.807, 2.05) is 0 Å². The first-order valence-corrected chi connectivity index (χ1v) is 6.30. The molecule has 21 heavy (non-hydrogen) atoms. The normalized spacial score (nSPS) is 11.6. The highest BCUT2D eigenvalue weighted by Crippen LogP contribution is 2.18. The maximum atomic E-state index is 12.6. The Morgan fingerprint density at radius 2 is 1.24 bits per heavy atom. The molecule has 0 bridgehead atoms. The Morgan fingerprint density at radius 3 is 1.95 bits per heavy atom. The van der Waals surface area contributed by atoms with Gasteiger partial charge in [-0.25, -0.2) is 0 Å². The number of rotatable bonds is 0. The summed E-state index contributed by atoms with van der Waals surface area (Å²) in [4.78, 5) is 50.7. The second-order valence-electron chi connectivity index (χ2n) is 4.90. The molecule has 0 amide bonds. The van der Waals surface area contributed by atoms with Gasteiger partial charge in [0.1, 0.15) is 0 Å². The van der Waals surface area contributed by atoms with E-state index in [9.17, 15) is 19.2 Å². The van der Waals surface area contributed by atoms with Crippen molar-refractivity contribution in [3.05, 3.63) is 77.4 Å². The maximum Gasteiger partial charge on any atom is 0.296 e. The summed E-state index contributed by atoms with van der Waals surface area (Å²) in [6, 6.07) is 9.36. The zero-order valence-electron chi connectivity index (χ0n) is 10.6. The lowest BCUT2D eigenvalue weighted by Crippen LogP contribution is -2.18. The monoisotopic (exact) mass is 277 g/mol. The van der Waals surface area contributed by atoms with Gasteiger partial charge in [0, 0.05) is 16.2 Å². The van der Waals surface area contributed by atoms with Crippen LogP contribution in [0.15, 0.2) is 55.6 Å². The third-order valence-electron chi connectivity index (χ3n) is 3.78. The maximum absolute atomic E-state index is 12.6. The molecule has 1 aromatic heterocycles. The molecule has 0 unspecified atom stereocenters. The van der Waals surface area contributed by atoms with Gasteiger partial charge in [-0.1, -0.05) is 24.3 Å². The van der Waals surface area contributed by atoms with Gasteiger partial charge in [-0.15, -0.1) is 0 Å². The minimum Gasteiger partial charge on any atom is -0.318 e. The Kier molecular flexibility index (Phi) is 2.08. The molecule has 1 heterocycles. The highest BCUT2D eigenvalue weighted by Gasteiger charge is 2.16. The molecule has 0 aliphatic rings. The van der Waals surface area contributed by atoms with Crippen molar-refractivity contribution in [1.29, 1.82) is 0 Å². The van der Waals surface area contributed by atoms with E-state index in [0.29, 0.717) is 5.39 Å². The fraction of sp³-hybridized carbons (Fsp3) is 0. The minimum atomic E-state index is -0.780. The van der Waals surface area contributed by atoms with Crippen molar-refractivity contribution >= 4 is 32.4 Å². The van der Waals surface area contributed by atoms with Crippen molar-refractivity contribution in [1.82, 2.24) is 4.98 Å². The van der Waals surface area contributed by atoms with Gasteiger partial charge in [0.05, 0.1) is 16.3 Å². The van der Waals surface area contributed by atoms with Gasteiger partial charge in [-0.05, 0) is 12.1 Å². The molecule has 0 saturated carbocycles. The lowest BCUT2D eigenvalue weighted by atomic mass is 10.0. The van der Waals surface area contributed by atoms with Gasteiger partial charge < -0.3 is 4.98 Å². The molecule has 100 valence electrons. The summed E-state index contributed by atoms with van der Waals surface area (Å²) in [7, 11) is 0. The molecule has 0 fully saturated rings. The first-order valence-electron chi connectivity index (χ1n) is 6.30. The fourth-order valence-corrected chi connectivity index (χ4v) is 2.80. The third-order valence-corrected chi connectivity index (χ3v) is 3.78. The van der Waals surface area contributed by atoms with E-state index in [0.717, 1.165) is 0 Å². The van der Waals surface area contributed by atoms with Crippen LogP contribution in [0.2, 0.25) is 0 Å². The average Bonchev–Trinajstić information content (AvgIpc) is 2.79. The standard InChI is InChI=1S/C16H7NO4/c18-13-7-3-1-2-4-8(7)14(19)11-9(13)5-6-10-12(11)17-16(21)15(10)20/h1-6H,(H,17,20,21). The lowest BCUT2D eigenvalue weighted by molar-refractivity contribution is 1.34. The zero-order valence-corrected chi connectivity index (χ0v) is 10.6. The summed E-state index contributed by atoms with van der Waals surface area (Å²) in [5.41, 5.74) is -1.96. The van der Waals surface area contributed by atoms with Crippen molar-refractivity contribution in [3.63, 3.8) is 0 Å². The highest BCUT2D eigenvalue weighted by molar-refractivity contribution is 6.10. The Bertz CT molecular complexity index is 1260. The van der Waals surface area contributed by atoms with E-state index < -0.39 is 11.0 Å². The average molecular weight is 277 g/mol. The number of hydrogen-bond donors (Lipinski definition) is 1. The van der Waals surface area contributed by atoms with E-state index in [4.69, 9.17) is 0 Å². The van der Waals surface area contributed by atoms with Crippen molar-refractivity contribution in [2.75, 3.05) is 0 Å². The largest absolute Gasteiger partial charge is 0.318 e. The lowest BCUT2D eigenvalue weighted by Gasteiger charge is -2.01. The van der Waals surface area contributed by atoms with Crippen LogP contribution in [-0.2, 0) is 0 Å². The summed E-state index contributed by atoms with van der Waals surface area (Å²) in [6.07, 6.45) is 0. The summed E-state index contributed by atoms with van der Waals surface area (Å²) < 4.78 is 0. The Hall–Kier alpha value is -3.08. The van der Waals surface area contributed by atoms with Gasteiger partial charge in [0.15, 0.2) is 10.9 Å². The van der Waals surface area contributed by atoms with E-state index in [-0.39, 0.29) is 37.9 Å². The predicted octanol–water partition coefficient (Wildman–Crippen LogP) is 0.791. The van der Waals surface area contributed by atoms with E-state index in [2.05, 4.69) is 4.98 Å². The second kappa shape index (κ2) is 3.73. The molecular weight excluding hydrogens is 270 g/mol. The van der Waals surface area contributed by atoms with Gasteiger partial charge >= 0.3 is 0 Å². The first kappa shape index (κ1) is 11.7. The number of aromatic nitrogens is 1. The number of nitrogens with one attached hydrogen (secondary N) is 1.